The average molecular weight is 357 g/mol. The number of hydrogen-bond acceptors (Lipinski definition) is 4. The molecule has 1 rings (SSSR count). The second kappa shape index (κ2) is 9.67. The average Bonchev–Trinajstić information content (AvgIpc) is 2.49. The summed E-state index contributed by atoms with van der Waals surface area (Å²) in [5.74, 6) is -3.39. The largest absolute Gasteiger partial charge is 0.383 e. The highest BCUT2D eigenvalue weighted by Gasteiger charge is 2.23. The minimum absolute atomic E-state index is 0.133. The summed E-state index contributed by atoms with van der Waals surface area (Å²) >= 11 is 0. The number of nitrogens with zero attached hydrogens (tertiary/aromatic N) is 1. The third-order valence-electron chi connectivity index (χ3n) is 3.26. The number of primary amides is 1. The van der Waals surface area contributed by atoms with Crippen molar-refractivity contribution < 1.29 is 27.9 Å². The van der Waals surface area contributed by atoms with Crippen LogP contribution < -0.4 is 11.1 Å². The highest BCUT2D eigenvalue weighted by molar-refractivity contribution is 5.90. The van der Waals surface area contributed by atoms with Gasteiger partial charge in [-0.25, -0.2) is 8.78 Å². The molecule has 25 heavy (non-hydrogen) atoms. The van der Waals surface area contributed by atoms with E-state index in [9.17, 15) is 23.2 Å². The van der Waals surface area contributed by atoms with Gasteiger partial charge in [-0.3, -0.25) is 14.4 Å². The molecule has 9 heteroatoms. The predicted molar refractivity (Wildman–Crippen MR) is 85.3 cm³/mol. The molecule has 0 unspecified atom stereocenters. The summed E-state index contributed by atoms with van der Waals surface area (Å²) in [4.78, 5) is 36.5. The normalized spacial score (nSPS) is 11.7. The van der Waals surface area contributed by atoms with Crippen molar-refractivity contribution in [3.63, 3.8) is 0 Å². The van der Waals surface area contributed by atoms with Crippen LogP contribution in [0, 0.1) is 11.6 Å². The van der Waals surface area contributed by atoms with Gasteiger partial charge in [0.05, 0.1) is 19.6 Å². The second-order valence-corrected chi connectivity index (χ2v) is 5.46. The Morgan fingerprint density at radius 3 is 2.36 bits per heavy atom. The van der Waals surface area contributed by atoms with Crippen LogP contribution in [0.25, 0.3) is 0 Å². The van der Waals surface area contributed by atoms with Gasteiger partial charge in [-0.1, -0.05) is 0 Å². The van der Waals surface area contributed by atoms with Gasteiger partial charge in [-0.05, 0) is 24.6 Å². The number of methoxy groups -OCH3 is 1. The molecule has 0 aliphatic rings. The van der Waals surface area contributed by atoms with Crippen LogP contribution in [0.3, 0.4) is 0 Å². The van der Waals surface area contributed by atoms with E-state index in [0.717, 1.165) is 12.1 Å². The fraction of sp³-hybridized carbons (Fsp3) is 0.438. The summed E-state index contributed by atoms with van der Waals surface area (Å²) in [6, 6.07) is 1.83. The number of amides is 3. The molecule has 1 atom stereocenters. The van der Waals surface area contributed by atoms with Crippen LogP contribution in [0.5, 0.6) is 0 Å². The molecular formula is C16H21F2N3O4. The molecule has 0 aliphatic carbocycles. The number of carbonyl (C=O) groups excluding carboxylic acids is 3. The van der Waals surface area contributed by atoms with Gasteiger partial charge in [0, 0.05) is 19.7 Å². The molecule has 0 radical (unpaired) electrons. The Morgan fingerprint density at radius 2 is 1.84 bits per heavy atom. The Labute approximate surface area is 144 Å². The Hall–Kier alpha value is -2.55. The summed E-state index contributed by atoms with van der Waals surface area (Å²) in [7, 11) is 1.44. The first-order valence-corrected chi connectivity index (χ1v) is 7.53. The molecule has 0 bridgehead atoms. The van der Waals surface area contributed by atoms with Gasteiger partial charge in [0.25, 0.3) is 0 Å². The molecule has 0 aromatic heterocycles. The molecule has 0 aliphatic heterocycles. The number of nitrogens with one attached hydrogen (secondary N) is 1. The smallest absolute Gasteiger partial charge is 0.245 e. The minimum atomic E-state index is -0.942. The van der Waals surface area contributed by atoms with Crippen LogP contribution in [0.15, 0.2) is 18.2 Å². The highest BCUT2D eigenvalue weighted by atomic mass is 19.1. The Balaban J connectivity index is 2.67. The zero-order valence-corrected chi connectivity index (χ0v) is 14.1. The molecule has 0 saturated carbocycles. The van der Waals surface area contributed by atoms with E-state index in [0.29, 0.717) is 6.07 Å². The molecule has 1 aromatic rings. The van der Waals surface area contributed by atoms with Crippen molar-refractivity contribution in [2.75, 3.05) is 26.8 Å². The number of hydrogen-bond donors (Lipinski definition) is 2. The molecular weight excluding hydrogens is 336 g/mol. The third kappa shape index (κ3) is 7.25. The zero-order chi connectivity index (χ0) is 19.0. The van der Waals surface area contributed by atoms with E-state index in [-0.39, 0.29) is 31.7 Å². The number of halogens is 2. The van der Waals surface area contributed by atoms with Gasteiger partial charge < -0.3 is 20.7 Å². The zero-order valence-electron chi connectivity index (χ0n) is 14.1. The lowest BCUT2D eigenvalue weighted by atomic mass is 10.1. The summed E-state index contributed by atoms with van der Waals surface area (Å²) in [5, 5.41) is 2.43. The van der Waals surface area contributed by atoms with Crippen LogP contribution in [0.2, 0.25) is 0 Å². The lowest BCUT2D eigenvalue weighted by molar-refractivity contribution is -0.138. The first-order valence-electron chi connectivity index (χ1n) is 7.53. The van der Waals surface area contributed by atoms with E-state index in [1.165, 1.54) is 18.9 Å². The standard InChI is InChI=1S/C16H21F2N3O4/c1-10(16(24)21(3-4-25-2)9-14(19)22)20-15(23)7-11-5-12(17)8-13(18)6-11/h5-6,8,10H,3-4,7,9H2,1-2H3,(H2,19,22)(H,20,23)/t10-/m0/s1. The molecule has 0 spiro atoms. The number of rotatable bonds is 9. The van der Waals surface area contributed by atoms with E-state index in [2.05, 4.69) is 5.32 Å². The van der Waals surface area contributed by atoms with Crippen LogP contribution in [-0.4, -0.2) is 55.5 Å². The van der Waals surface area contributed by atoms with E-state index < -0.39 is 35.4 Å². The van der Waals surface area contributed by atoms with Gasteiger partial charge in [-0.2, -0.15) is 0 Å². The molecule has 0 fully saturated rings. The molecule has 7 nitrogen and oxygen atoms in total. The molecule has 3 N–H and O–H groups in total. The Kier molecular flexibility index (Phi) is 7.93. The maximum atomic E-state index is 13.1. The Bertz CT molecular complexity index is 620. The lowest BCUT2D eigenvalue weighted by Crippen LogP contribution is -2.50. The van der Waals surface area contributed by atoms with E-state index in [1.807, 2.05) is 0 Å². The molecule has 3 amide bonds. The quantitative estimate of drug-likeness (QED) is 0.648. The Morgan fingerprint density at radius 1 is 1.24 bits per heavy atom. The summed E-state index contributed by atoms with van der Waals surface area (Å²) < 4.78 is 31.1. The predicted octanol–water partition coefficient (Wildman–Crippen LogP) is -0.0277. The third-order valence-corrected chi connectivity index (χ3v) is 3.26. The molecule has 0 heterocycles. The monoisotopic (exact) mass is 357 g/mol. The molecule has 1 aromatic carbocycles. The maximum absolute atomic E-state index is 13.1. The van der Waals surface area contributed by atoms with Gasteiger partial charge in [0.1, 0.15) is 17.7 Å². The van der Waals surface area contributed by atoms with Crippen molar-refractivity contribution in [2.45, 2.75) is 19.4 Å². The van der Waals surface area contributed by atoms with Gasteiger partial charge in [0.15, 0.2) is 0 Å². The summed E-state index contributed by atoms with van der Waals surface area (Å²) in [5.41, 5.74) is 5.24. The van der Waals surface area contributed by atoms with Crippen LogP contribution in [-0.2, 0) is 25.5 Å². The maximum Gasteiger partial charge on any atom is 0.245 e. The van der Waals surface area contributed by atoms with Crippen molar-refractivity contribution in [1.29, 1.82) is 0 Å². The minimum Gasteiger partial charge on any atom is -0.383 e. The van der Waals surface area contributed by atoms with Crippen molar-refractivity contribution in [3.05, 3.63) is 35.4 Å². The lowest BCUT2D eigenvalue weighted by Gasteiger charge is -2.24. The summed E-state index contributed by atoms with van der Waals surface area (Å²) in [6.45, 7) is 1.46. The van der Waals surface area contributed by atoms with Crippen LogP contribution in [0.4, 0.5) is 8.78 Å². The van der Waals surface area contributed by atoms with E-state index >= 15 is 0 Å². The molecule has 138 valence electrons. The molecule has 0 saturated heterocycles. The number of benzene rings is 1. The number of carbonyl (C=O) groups is 3. The fourth-order valence-electron chi connectivity index (χ4n) is 2.18. The topological polar surface area (TPSA) is 102 Å². The van der Waals surface area contributed by atoms with Crippen molar-refractivity contribution in [1.82, 2.24) is 10.2 Å². The van der Waals surface area contributed by atoms with Gasteiger partial charge in [-0.15, -0.1) is 0 Å². The summed E-state index contributed by atoms with van der Waals surface area (Å²) in [6.07, 6.45) is -0.291. The van der Waals surface area contributed by atoms with E-state index in [1.54, 1.807) is 0 Å². The van der Waals surface area contributed by atoms with Crippen molar-refractivity contribution in [2.24, 2.45) is 5.73 Å². The van der Waals surface area contributed by atoms with Gasteiger partial charge >= 0.3 is 0 Å². The first-order chi connectivity index (χ1) is 11.7. The van der Waals surface area contributed by atoms with Crippen LogP contribution in [0.1, 0.15) is 12.5 Å². The van der Waals surface area contributed by atoms with Gasteiger partial charge in [0.2, 0.25) is 17.7 Å². The SMILES string of the molecule is COCCN(CC(N)=O)C(=O)[C@H](C)NC(=O)Cc1cc(F)cc(F)c1. The fourth-order valence-corrected chi connectivity index (χ4v) is 2.18. The number of ether oxygens (including phenoxy) is 1. The van der Waals surface area contributed by atoms with Crippen molar-refractivity contribution >= 4 is 17.7 Å². The highest BCUT2D eigenvalue weighted by Crippen LogP contribution is 2.08. The first kappa shape index (κ1) is 20.5. The van der Waals surface area contributed by atoms with Crippen molar-refractivity contribution in [3.8, 4) is 0 Å². The second-order valence-electron chi connectivity index (χ2n) is 5.46. The van der Waals surface area contributed by atoms with Crippen LogP contribution >= 0.6 is 0 Å². The van der Waals surface area contributed by atoms with E-state index in [4.69, 9.17) is 10.5 Å². The number of nitrogens with two attached hydrogens (primary N) is 1.